The highest BCUT2D eigenvalue weighted by atomic mass is 32.1. The van der Waals surface area contributed by atoms with Gasteiger partial charge in [0.25, 0.3) is 0 Å². The van der Waals surface area contributed by atoms with Crippen LogP contribution in [0.25, 0.3) is 103 Å². The largest absolute Gasteiger partial charge is 0.247 e. The van der Waals surface area contributed by atoms with E-state index >= 15 is 0 Å². The van der Waals surface area contributed by atoms with Crippen LogP contribution < -0.4 is 0 Å². The van der Waals surface area contributed by atoms with Crippen molar-refractivity contribution in [2.45, 2.75) is 19.3 Å². The van der Waals surface area contributed by atoms with Crippen LogP contribution in [0.3, 0.4) is 0 Å². The van der Waals surface area contributed by atoms with Gasteiger partial charge < -0.3 is 0 Å². The molecule has 6 heteroatoms. The Morgan fingerprint density at radius 1 is 0.482 bits per heavy atom. The van der Waals surface area contributed by atoms with Gasteiger partial charge in [0, 0.05) is 64.0 Å². The first-order valence-corrected chi connectivity index (χ1v) is 19.5. The Morgan fingerprint density at radius 2 is 1.12 bits per heavy atom. The van der Waals surface area contributed by atoms with Crippen LogP contribution in [0, 0.1) is 6.57 Å². The second-order valence-corrected chi connectivity index (χ2v) is 16.0. The summed E-state index contributed by atoms with van der Waals surface area (Å²) in [7, 11) is 0. The number of pyridine rings is 1. The van der Waals surface area contributed by atoms with Crippen molar-refractivity contribution in [1.29, 1.82) is 0 Å². The monoisotopic (exact) mass is 733 g/mol. The van der Waals surface area contributed by atoms with Gasteiger partial charge in [0.15, 0.2) is 23.2 Å². The van der Waals surface area contributed by atoms with E-state index in [9.17, 15) is 0 Å². The van der Waals surface area contributed by atoms with E-state index in [2.05, 4.69) is 140 Å². The molecular formula is C50H31N5S. The predicted molar refractivity (Wildman–Crippen MR) is 231 cm³/mol. The molecule has 0 spiro atoms. The molecule has 0 unspecified atom stereocenters. The van der Waals surface area contributed by atoms with Crippen LogP contribution in [0.2, 0.25) is 0 Å². The van der Waals surface area contributed by atoms with Crippen molar-refractivity contribution >= 4 is 58.9 Å². The number of hydrogen-bond donors (Lipinski definition) is 0. The first-order chi connectivity index (χ1) is 27.4. The molecule has 0 radical (unpaired) electrons. The molecule has 7 aromatic carbocycles. The maximum absolute atomic E-state index is 7.49. The molecule has 0 N–H and O–H groups in total. The molecule has 262 valence electrons. The van der Waals surface area contributed by atoms with Gasteiger partial charge in [0.1, 0.15) is 0 Å². The molecule has 0 saturated carbocycles. The average molecular weight is 734 g/mol. The molecule has 3 heterocycles. The number of nitrogens with zero attached hydrogens (tertiary/aromatic N) is 5. The maximum Gasteiger partial charge on any atom is 0.187 e. The number of fused-ring (bicyclic) bond motifs is 10. The standard InChI is InChI=1S/C50H31N5S/c1-50(2)39-15-9-7-13-34(39)38-27-31(20-25-40(38)50)48-53-47(30-17-21-33(51-3)22-18-30)54-49(55-48)32-19-23-35-41(28-32)52-46(29-11-5-4-6-12-29)37-24-26-43-45(44(35)37)36-14-8-10-16-42(36)56-43/h4-28H,1-2H3. The van der Waals surface area contributed by atoms with Crippen LogP contribution in [0.4, 0.5) is 5.69 Å². The van der Waals surface area contributed by atoms with Gasteiger partial charge in [-0.15, -0.1) is 11.3 Å². The zero-order chi connectivity index (χ0) is 37.5. The van der Waals surface area contributed by atoms with Gasteiger partial charge in [-0.25, -0.2) is 24.8 Å². The first-order valence-electron chi connectivity index (χ1n) is 18.7. The summed E-state index contributed by atoms with van der Waals surface area (Å²) in [6.07, 6.45) is 0. The van der Waals surface area contributed by atoms with Crippen LogP contribution in [-0.4, -0.2) is 19.9 Å². The Balaban J connectivity index is 1.15. The maximum atomic E-state index is 7.49. The van der Waals surface area contributed by atoms with Gasteiger partial charge in [0.05, 0.1) is 17.8 Å². The first kappa shape index (κ1) is 32.4. The number of hydrogen-bond acceptors (Lipinski definition) is 5. The Morgan fingerprint density at radius 3 is 1.93 bits per heavy atom. The van der Waals surface area contributed by atoms with Crippen LogP contribution in [-0.2, 0) is 5.41 Å². The minimum atomic E-state index is -0.105. The molecule has 0 aliphatic heterocycles. The third-order valence-corrected chi connectivity index (χ3v) is 12.5. The molecule has 0 saturated heterocycles. The second kappa shape index (κ2) is 12.2. The predicted octanol–water partition coefficient (Wildman–Crippen LogP) is 13.5. The summed E-state index contributed by atoms with van der Waals surface area (Å²) in [6.45, 7) is 12.1. The van der Waals surface area contributed by atoms with Crippen molar-refractivity contribution in [1.82, 2.24) is 19.9 Å². The van der Waals surface area contributed by atoms with Gasteiger partial charge in [0.2, 0.25) is 0 Å². The van der Waals surface area contributed by atoms with E-state index in [1.54, 1.807) is 0 Å². The molecule has 5 nitrogen and oxygen atoms in total. The topological polar surface area (TPSA) is 55.9 Å². The zero-order valence-electron chi connectivity index (χ0n) is 30.6. The summed E-state index contributed by atoms with van der Waals surface area (Å²) in [5, 5.41) is 5.93. The highest BCUT2D eigenvalue weighted by molar-refractivity contribution is 7.26. The molecule has 0 fully saturated rings. The SMILES string of the molecule is [C-]#[N+]c1ccc(-c2nc(-c3ccc4c(c3)-c3ccccc3C4(C)C)nc(-c3ccc4c(c3)nc(-c3ccccc3)c3ccc5sc6ccccc6c5c34)n2)cc1. The molecule has 1 aliphatic rings. The number of rotatable bonds is 4. The van der Waals surface area contributed by atoms with Gasteiger partial charge in [-0.2, -0.15) is 0 Å². The van der Waals surface area contributed by atoms with Gasteiger partial charge in [-0.05, 0) is 46.5 Å². The van der Waals surface area contributed by atoms with Crippen molar-refractivity contribution in [3.8, 4) is 56.5 Å². The van der Waals surface area contributed by atoms with Crippen LogP contribution in [0.5, 0.6) is 0 Å². The highest BCUT2D eigenvalue weighted by Crippen LogP contribution is 2.49. The summed E-state index contributed by atoms with van der Waals surface area (Å²) in [5.41, 5.74) is 11.0. The normalized spacial score (nSPS) is 12.9. The van der Waals surface area contributed by atoms with Crippen molar-refractivity contribution in [3.05, 3.63) is 174 Å². The van der Waals surface area contributed by atoms with Crippen molar-refractivity contribution in [2.75, 3.05) is 0 Å². The minimum Gasteiger partial charge on any atom is -0.247 e. The van der Waals surface area contributed by atoms with Crippen molar-refractivity contribution in [3.63, 3.8) is 0 Å². The van der Waals surface area contributed by atoms with E-state index in [1.807, 2.05) is 41.7 Å². The molecule has 11 rings (SSSR count). The molecule has 10 aromatic rings. The Bertz CT molecular complexity index is 3280. The summed E-state index contributed by atoms with van der Waals surface area (Å²) >= 11 is 1.83. The average Bonchev–Trinajstić information content (AvgIpc) is 3.75. The minimum absolute atomic E-state index is 0.105. The lowest BCUT2D eigenvalue weighted by molar-refractivity contribution is 0.660. The lowest BCUT2D eigenvalue weighted by Gasteiger charge is -2.21. The molecule has 0 atom stereocenters. The molecule has 56 heavy (non-hydrogen) atoms. The quantitative estimate of drug-likeness (QED) is 0.133. The van der Waals surface area contributed by atoms with Gasteiger partial charge in [-0.3, -0.25) is 0 Å². The summed E-state index contributed by atoms with van der Waals surface area (Å²) < 4.78 is 2.52. The molecule has 0 bridgehead atoms. The second-order valence-electron chi connectivity index (χ2n) is 14.9. The molecular weight excluding hydrogens is 703 g/mol. The molecule has 0 amide bonds. The van der Waals surface area contributed by atoms with Gasteiger partial charge in [-0.1, -0.05) is 141 Å². The van der Waals surface area contributed by atoms with E-state index in [4.69, 9.17) is 26.5 Å². The number of benzene rings is 7. The van der Waals surface area contributed by atoms with Crippen LogP contribution in [0.1, 0.15) is 25.0 Å². The summed E-state index contributed by atoms with van der Waals surface area (Å²) in [4.78, 5) is 24.3. The Labute approximate surface area is 327 Å². The summed E-state index contributed by atoms with van der Waals surface area (Å²) in [6, 6.07) is 52.7. The van der Waals surface area contributed by atoms with E-state index < -0.39 is 0 Å². The summed E-state index contributed by atoms with van der Waals surface area (Å²) in [5.74, 6) is 1.70. The fourth-order valence-corrected chi connectivity index (χ4v) is 9.69. The lowest BCUT2D eigenvalue weighted by Crippen LogP contribution is -2.14. The smallest absolute Gasteiger partial charge is 0.187 e. The number of thiophene rings is 1. The fraction of sp³-hybridized carbons (Fsp3) is 0.0600. The van der Waals surface area contributed by atoms with Crippen molar-refractivity contribution in [2.24, 2.45) is 0 Å². The molecule has 1 aliphatic carbocycles. The van der Waals surface area contributed by atoms with Crippen molar-refractivity contribution < 1.29 is 0 Å². The zero-order valence-corrected chi connectivity index (χ0v) is 31.4. The lowest BCUT2D eigenvalue weighted by atomic mass is 9.82. The molecule has 3 aromatic heterocycles. The Hall–Kier alpha value is -7.07. The van der Waals surface area contributed by atoms with Crippen LogP contribution >= 0.6 is 11.3 Å². The number of aromatic nitrogens is 4. The third-order valence-electron chi connectivity index (χ3n) is 11.3. The highest BCUT2D eigenvalue weighted by Gasteiger charge is 2.35. The fourth-order valence-electron chi connectivity index (χ4n) is 8.57. The van der Waals surface area contributed by atoms with E-state index in [-0.39, 0.29) is 5.41 Å². The van der Waals surface area contributed by atoms with E-state index in [1.165, 1.54) is 47.8 Å². The third kappa shape index (κ3) is 4.91. The Kier molecular flexibility index (Phi) is 7.07. The van der Waals surface area contributed by atoms with E-state index in [0.717, 1.165) is 44.2 Å². The van der Waals surface area contributed by atoms with E-state index in [0.29, 0.717) is 23.2 Å². The van der Waals surface area contributed by atoms with Gasteiger partial charge >= 0.3 is 0 Å². The van der Waals surface area contributed by atoms with Crippen LogP contribution in [0.15, 0.2) is 152 Å².